The summed E-state index contributed by atoms with van der Waals surface area (Å²) >= 11 is 1.43. The second-order valence-corrected chi connectivity index (χ2v) is 11.5. The van der Waals surface area contributed by atoms with Crippen LogP contribution in [0.1, 0.15) is 33.6 Å². The van der Waals surface area contributed by atoms with Crippen molar-refractivity contribution in [1.29, 1.82) is 0 Å². The Bertz CT molecular complexity index is 146. The molecule has 0 aliphatic carbocycles. The van der Waals surface area contributed by atoms with Crippen LogP contribution < -0.4 is 0 Å². The first-order valence-corrected chi connectivity index (χ1v) is 10.2. The van der Waals surface area contributed by atoms with E-state index in [9.17, 15) is 0 Å². The summed E-state index contributed by atoms with van der Waals surface area (Å²) in [5, 5.41) is 1.77. The molecule has 0 aromatic carbocycles. The predicted molar refractivity (Wildman–Crippen MR) is 67.5 cm³/mol. The zero-order valence-corrected chi connectivity index (χ0v) is 16.0. The number of unbranched alkanes of at least 4 members (excludes halogenated alkanes) is 1. The summed E-state index contributed by atoms with van der Waals surface area (Å²) in [4.78, 5) is 0. The van der Waals surface area contributed by atoms with Crippen LogP contribution in [0.3, 0.4) is 0 Å². The SMILES string of the molecule is Br.CC(C)(C)[Si](C)(C)OCCC[CH2][Zn]. The van der Waals surface area contributed by atoms with E-state index in [-0.39, 0.29) is 17.0 Å². The van der Waals surface area contributed by atoms with Gasteiger partial charge in [-0.15, -0.1) is 17.0 Å². The Kier molecular flexibility index (Phi) is 9.51. The average molecular weight is 334 g/mol. The maximum atomic E-state index is 6.05. The van der Waals surface area contributed by atoms with E-state index >= 15 is 0 Å². The van der Waals surface area contributed by atoms with Gasteiger partial charge in [0.25, 0.3) is 0 Å². The molecule has 0 atom stereocenters. The number of hydrogen-bond acceptors (Lipinski definition) is 1. The van der Waals surface area contributed by atoms with Gasteiger partial charge in [0, 0.05) is 0 Å². The van der Waals surface area contributed by atoms with Gasteiger partial charge >= 0.3 is 94.4 Å². The number of hydrogen-bond donors (Lipinski definition) is 0. The van der Waals surface area contributed by atoms with Crippen LogP contribution in [0.5, 0.6) is 0 Å². The van der Waals surface area contributed by atoms with Crippen LogP contribution in [0.25, 0.3) is 0 Å². The van der Waals surface area contributed by atoms with Crippen molar-refractivity contribution in [3.8, 4) is 0 Å². The van der Waals surface area contributed by atoms with E-state index in [0.29, 0.717) is 5.04 Å². The fraction of sp³-hybridized carbons (Fsp3) is 1.00. The Hall–Kier alpha value is 1.28. The summed E-state index contributed by atoms with van der Waals surface area (Å²) in [6.45, 7) is 12.5. The zero-order valence-electron chi connectivity index (χ0n) is 10.4. The first-order chi connectivity index (χ1) is 5.81. The third-order valence-electron chi connectivity index (χ3n) is 2.91. The number of halogens is 1. The molecule has 0 saturated carbocycles. The maximum absolute atomic E-state index is 6.05. The van der Waals surface area contributed by atoms with E-state index in [1.54, 1.807) is 0 Å². The van der Waals surface area contributed by atoms with Crippen molar-refractivity contribution in [1.82, 2.24) is 0 Å². The van der Waals surface area contributed by atoms with Gasteiger partial charge in [-0.3, -0.25) is 0 Å². The normalized spacial score (nSPS) is 12.5. The standard InChI is InChI=1S/C10H23OSi.BrH.Zn/c1-7-8-9-11-12(5,6)10(2,3)4;;/h1,7-9H2,2-6H3;1H;. The molecule has 0 rings (SSSR count). The Balaban J connectivity index is 0. The summed E-state index contributed by atoms with van der Waals surface area (Å²) in [6, 6.07) is 0. The molecule has 0 aliphatic heterocycles. The van der Waals surface area contributed by atoms with Crippen molar-refractivity contribution >= 4 is 25.3 Å². The van der Waals surface area contributed by atoms with E-state index in [0.717, 1.165) is 6.61 Å². The van der Waals surface area contributed by atoms with Gasteiger partial charge in [-0.05, 0) is 0 Å². The Morgan fingerprint density at radius 1 is 1.14 bits per heavy atom. The van der Waals surface area contributed by atoms with Crippen LogP contribution in [0.15, 0.2) is 0 Å². The van der Waals surface area contributed by atoms with E-state index in [2.05, 4.69) is 33.9 Å². The van der Waals surface area contributed by atoms with Crippen molar-refractivity contribution in [2.45, 2.75) is 56.8 Å². The van der Waals surface area contributed by atoms with Crippen LogP contribution in [-0.4, -0.2) is 14.9 Å². The molecule has 0 saturated heterocycles. The summed E-state index contributed by atoms with van der Waals surface area (Å²) in [7, 11) is -1.44. The van der Waals surface area contributed by atoms with Gasteiger partial charge in [0.1, 0.15) is 0 Å². The predicted octanol–water partition coefficient (Wildman–Crippen LogP) is 4.33. The minimum atomic E-state index is -1.44. The van der Waals surface area contributed by atoms with Gasteiger partial charge in [0.15, 0.2) is 0 Å². The third kappa shape index (κ3) is 6.71. The Labute approximate surface area is 111 Å². The second kappa shape index (κ2) is 7.54. The van der Waals surface area contributed by atoms with Gasteiger partial charge < -0.3 is 0 Å². The monoisotopic (exact) mass is 331 g/mol. The molecule has 0 bridgehead atoms. The first-order valence-electron chi connectivity index (χ1n) is 5.24. The topological polar surface area (TPSA) is 9.23 Å². The Morgan fingerprint density at radius 3 is 2.00 bits per heavy atom. The summed E-state index contributed by atoms with van der Waals surface area (Å²) in [6.07, 6.45) is 2.61. The molecule has 83 valence electrons. The molecule has 1 nitrogen and oxygen atoms in total. The molecule has 0 spiro atoms. The van der Waals surface area contributed by atoms with E-state index < -0.39 is 8.32 Å². The molecule has 0 heterocycles. The molecule has 0 amide bonds. The van der Waals surface area contributed by atoms with Gasteiger partial charge in [-0.1, -0.05) is 0 Å². The summed E-state index contributed by atoms with van der Waals surface area (Å²) in [5.74, 6) is 0. The molecule has 0 aromatic rings. The molecule has 4 heteroatoms. The molecule has 0 aromatic heterocycles. The van der Waals surface area contributed by atoms with Gasteiger partial charge in [0.05, 0.1) is 0 Å². The van der Waals surface area contributed by atoms with Gasteiger partial charge in [-0.2, -0.15) is 0 Å². The van der Waals surface area contributed by atoms with Crippen LogP contribution in [0, 0.1) is 0 Å². The van der Waals surface area contributed by atoms with Crippen molar-refractivity contribution in [2.24, 2.45) is 0 Å². The fourth-order valence-corrected chi connectivity index (χ4v) is 2.65. The molecule has 0 radical (unpaired) electrons. The summed E-state index contributed by atoms with van der Waals surface area (Å²) in [5.41, 5.74) is 0. The molecule has 0 N–H and O–H groups in total. The van der Waals surface area contributed by atoms with Crippen LogP contribution >= 0.6 is 17.0 Å². The molecular weight excluding hydrogens is 309 g/mol. The van der Waals surface area contributed by atoms with Crippen LogP contribution in [-0.2, 0) is 22.7 Å². The zero-order chi connectivity index (χ0) is 10.5. The second-order valence-electron chi connectivity index (χ2n) is 5.17. The van der Waals surface area contributed by atoms with Crippen molar-refractivity contribution in [2.75, 3.05) is 6.61 Å². The number of rotatable bonds is 5. The fourth-order valence-electron chi connectivity index (χ4n) is 0.823. The van der Waals surface area contributed by atoms with E-state index in [1.807, 2.05) is 0 Å². The average Bonchev–Trinajstić information content (AvgIpc) is 1.96. The van der Waals surface area contributed by atoms with Crippen molar-refractivity contribution in [3.05, 3.63) is 0 Å². The quantitative estimate of drug-likeness (QED) is 0.537. The van der Waals surface area contributed by atoms with Crippen LogP contribution in [0.2, 0.25) is 23.1 Å². The van der Waals surface area contributed by atoms with Gasteiger partial charge in [-0.25, -0.2) is 0 Å². The van der Waals surface area contributed by atoms with Crippen molar-refractivity contribution in [3.63, 3.8) is 0 Å². The summed E-state index contributed by atoms with van der Waals surface area (Å²) < 4.78 is 6.05. The molecule has 0 unspecified atom stereocenters. The first kappa shape index (κ1) is 17.7. The molecule has 0 fully saturated rings. The third-order valence-corrected chi connectivity index (χ3v) is 8.50. The minimum absolute atomic E-state index is 0. The van der Waals surface area contributed by atoms with Crippen molar-refractivity contribution < 1.29 is 22.7 Å². The Morgan fingerprint density at radius 2 is 1.64 bits per heavy atom. The van der Waals surface area contributed by atoms with Crippen LogP contribution in [0.4, 0.5) is 0 Å². The van der Waals surface area contributed by atoms with E-state index in [4.69, 9.17) is 4.43 Å². The van der Waals surface area contributed by atoms with E-state index in [1.165, 1.54) is 36.2 Å². The van der Waals surface area contributed by atoms with Gasteiger partial charge in [0.2, 0.25) is 0 Å². The molecular formula is C10H24BrOSiZn. The molecule has 0 aliphatic rings. The molecule has 14 heavy (non-hydrogen) atoms.